The highest BCUT2D eigenvalue weighted by Gasteiger charge is 2.31. The van der Waals surface area contributed by atoms with E-state index in [2.05, 4.69) is 25.5 Å². The van der Waals surface area contributed by atoms with Crippen LogP contribution in [0.15, 0.2) is 24.5 Å². The maximum atomic E-state index is 13.0. The number of aromatic nitrogens is 4. The molecule has 11 heteroatoms. The highest BCUT2D eigenvalue weighted by molar-refractivity contribution is 7.17. The second kappa shape index (κ2) is 9.13. The van der Waals surface area contributed by atoms with Crippen LogP contribution < -0.4 is 14.8 Å². The zero-order valence-corrected chi connectivity index (χ0v) is 18.7. The summed E-state index contributed by atoms with van der Waals surface area (Å²) >= 11 is 7.25. The average Bonchev–Trinajstić information content (AvgIpc) is 3.17. The number of anilines is 1. The molecule has 3 aromatic heterocycles. The fourth-order valence-electron chi connectivity index (χ4n) is 3.18. The van der Waals surface area contributed by atoms with Crippen molar-refractivity contribution in [3.63, 3.8) is 0 Å². The van der Waals surface area contributed by atoms with Gasteiger partial charge in [-0.3, -0.25) is 15.1 Å². The molecule has 9 nitrogen and oxygen atoms in total. The van der Waals surface area contributed by atoms with Crippen molar-refractivity contribution in [2.24, 2.45) is 0 Å². The SMILES string of the molecule is COc1cnc(Cl)cc1-c1cc(C)ncc1C(=O)Nc1nnc(OC2CC(OC)C2)s1. The lowest BCUT2D eigenvalue weighted by Gasteiger charge is -2.32. The highest BCUT2D eigenvalue weighted by Crippen LogP contribution is 2.35. The highest BCUT2D eigenvalue weighted by atomic mass is 35.5. The van der Waals surface area contributed by atoms with E-state index in [0.29, 0.717) is 32.8 Å². The van der Waals surface area contributed by atoms with E-state index in [0.717, 1.165) is 29.9 Å². The average molecular weight is 462 g/mol. The molecule has 0 radical (unpaired) electrons. The molecule has 1 saturated carbocycles. The molecule has 4 rings (SSSR count). The minimum atomic E-state index is -0.386. The first-order valence-electron chi connectivity index (χ1n) is 9.47. The van der Waals surface area contributed by atoms with Crippen LogP contribution in [0.3, 0.4) is 0 Å². The van der Waals surface area contributed by atoms with Crippen molar-refractivity contribution in [3.05, 3.63) is 40.9 Å². The maximum Gasteiger partial charge on any atom is 0.296 e. The quantitative estimate of drug-likeness (QED) is 0.529. The van der Waals surface area contributed by atoms with Gasteiger partial charge in [0.05, 0.1) is 25.0 Å². The number of rotatable bonds is 7. The Morgan fingerprint density at radius 1 is 1.13 bits per heavy atom. The van der Waals surface area contributed by atoms with Crippen molar-refractivity contribution < 1.29 is 19.0 Å². The van der Waals surface area contributed by atoms with Crippen molar-refractivity contribution in [2.45, 2.75) is 32.0 Å². The second-order valence-corrected chi connectivity index (χ2v) is 8.30. The summed E-state index contributed by atoms with van der Waals surface area (Å²) in [5.41, 5.74) is 2.33. The van der Waals surface area contributed by atoms with E-state index in [1.165, 1.54) is 19.5 Å². The Labute approximate surface area is 187 Å². The number of nitrogens with zero attached hydrogens (tertiary/aromatic N) is 4. The van der Waals surface area contributed by atoms with Gasteiger partial charge in [-0.2, -0.15) is 0 Å². The number of hydrogen-bond donors (Lipinski definition) is 1. The van der Waals surface area contributed by atoms with Gasteiger partial charge in [-0.25, -0.2) is 4.98 Å². The molecule has 1 N–H and O–H groups in total. The van der Waals surface area contributed by atoms with Gasteiger partial charge < -0.3 is 14.2 Å². The number of amides is 1. The van der Waals surface area contributed by atoms with Crippen molar-refractivity contribution in [1.82, 2.24) is 20.2 Å². The number of nitrogens with one attached hydrogen (secondary N) is 1. The van der Waals surface area contributed by atoms with Gasteiger partial charge in [0.15, 0.2) is 0 Å². The molecule has 0 saturated heterocycles. The van der Waals surface area contributed by atoms with E-state index in [4.69, 9.17) is 25.8 Å². The molecule has 0 unspecified atom stereocenters. The van der Waals surface area contributed by atoms with Crippen LogP contribution in [0.5, 0.6) is 10.9 Å². The fourth-order valence-corrected chi connectivity index (χ4v) is 3.99. The molecule has 0 aliphatic heterocycles. The number of carbonyl (C=O) groups excluding carboxylic acids is 1. The lowest BCUT2D eigenvalue weighted by Crippen LogP contribution is -2.38. The van der Waals surface area contributed by atoms with Crippen LogP contribution in [0.2, 0.25) is 5.15 Å². The molecule has 3 heterocycles. The number of carbonyl (C=O) groups is 1. The molecule has 0 aromatic carbocycles. The normalized spacial score (nSPS) is 17.7. The Hall–Kier alpha value is -2.82. The smallest absolute Gasteiger partial charge is 0.296 e. The second-order valence-electron chi connectivity index (χ2n) is 6.97. The molecule has 0 atom stereocenters. The molecular formula is C20H20ClN5O4S. The first-order valence-corrected chi connectivity index (χ1v) is 10.7. The molecular weight excluding hydrogens is 442 g/mol. The van der Waals surface area contributed by atoms with E-state index in [1.807, 2.05) is 6.92 Å². The maximum absolute atomic E-state index is 13.0. The van der Waals surface area contributed by atoms with Crippen LogP contribution in [-0.4, -0.2) is 52.5 Å². The lowest BCUT2D eigenvalue weighted by molar-refractivity contribution is -0.0383. The summed E-state index contributed by atoms with van der Waals surface area (Å²) in [6.07, 6.45) is 4.92. The van der Waals surface area contributed by atoms with Crippen molar-refractivity contribution in [3.8, 4) is 22.1 Å². The van der Waals surface area contributed by atoms with Gasteiger partial charge in [-0.05, 0) is 30.4 Å². The summed E-state index contributed by atoms with van der Waals surface area (Å²) in [7, 11) is 3.21. The number of methoxy groups -OCH3 is 2. The van der Waals surface area contributed by atoms with E-state index < -0.39 is 0 Å². The lowest BCUT2D eigenvalue weighted by atomic mass is 9.92. The first kappa shape index (κ1) is 21.4. The number of aryl methyl sites for hydroxylation is 1. The molecule has 1 aliphatic rings. The van der Waals surface area contributed by atoms with E-state index in [9.17, 15) is 4.79 Å². The number of ether oxygens (including phenoxy) is 3. The topological polar surface area (TPSA) is 108 Å². The van der Waals surface area contributed by atoms with Crippen molar-refractivity contribution in [2.75, 3.05) is 19.5 Å². The molecule has 1 fully saturated rings. The van der Waals surface area contributed by atoms with Crippen LogP contribution in [0.4, 0.5) is 5.13 Å². The molecule has 0 bridgehead atoms. The fraction of sp³-hybridized carbons (Fsp3) is 0.350. The van der Waals surface area contributed by atoms with E-state index in [1.54, 1.807) is 19.2 Å². The predicted octanol–water partition coefficient (Wildman–Crippen LogP) is 3.77. The summed E-state index contributed by atoms with van der Waals surface area (Å²) in [6.45, 7) is 1.84. The number of pyridine rings is 2. The number of halogens is 1. The Morgan fingerprint density at radius 3 is 2.68 bits per heavy atom. The minimum absolute atomic E-state index is 0.0539. The van der Waals surface area contributed by atoms with Crippen LogP contribution >= 0.6 is 22.9 Å². The Morgan fingerprint density at radius 2 is 1.94 bits per heavy atom. The van der Waals surface area contributed by atoms with Crippen molar-refractivity contribution >= 4 is 34.0 Å². The summed E-state index contributed by atoms with van der Waals surface area (Å²) in [6, 6.07) is 3.44. The van der Waals surface area contributed by atoms with Gasteiger partial charge in [-0.1, -0.05) is 16.7 Å². The molecule has 3 aromatic rings. The first-order chi connectivity index (χ1) is 15.0. The van der Waals surface area contributed by atoms with E-state index >= 15 is 0 Å². The largest absolute Gasteiger partial charge is 0.494 e. The third-order valence-electron chi connectivity index (χ3n) is 4.91. The molecule has 162 valence electrons. The predicted molar refractivity (Wildman–Crippen MR) is 116 cm³/mol. The molecule has 1 amide bonds. The summed E-state index contributed by atoms with van der Waals surface area (Å²) < 4.78 is 16.4. The molecule has 1 aliphatic carbocycles. The Bertz CT molecular complexity index is 1100. The standard InChI is InChI=1S/C20H20ClN5O4S/c1-10-4-13(14-7-17(21)23-9-16(14)29-3)15(8-22-10)18(27)24-19-25-26-20(31-19)30-12-5-11(6-12)28-2/h4,7-9,11-12H,5-6H2,1-3H3,(H,24,25,27). The number of hydrogen-bond acceptors (Lipinski definition) is 9. The zero-order valence-electron chi connectivity index (χ0n) is 17.1. The molecule has 0 spiro atoms. The van der Waals surface area contributed by atoms with Crippen LogP contribution in [0.1, 0.15) is 28.9 Å². The van der Waals surface area contributed by atoms with Gasteiger partial charge >= 0.3 is 0 Å². The van der Waals surface area contributed by atoms with Gasteiger partial charge in [0, 0.05) is 43.0 Å². The Balaban J connectivity index is 1.54. The summed E-state index contributed by atoms with van der Waals surface area (Å²) in [5, 5.41) is 11.8. The summed E-state index contributed by atoms with van der Waals surface area (Å²) in [5.74, 6) is 0.105. The summed E-state index contributed by atoms with van der Waals surface area (Å²) in [4.78, 5) is 21.3. The third-order valence-corrected chi connectivity index (χ3v) is 5.84. The van der Waals surface area contributed by atoms with Crippen LogP contribution in [0, 0.1) is 6.92 Å². The van der Waals surface area contributed by atoms with Crippen LogP contribution in [-0.2, 0) is 4.74 Å². The Kier molecular flexibility index (Phi) is 6.30. The van der Waals surface area contributed by atoms with E-state index in [-0.39, 0.29) is 23.3 Å². The van der Waals surface area contributed by atoms with Gasteiger partial charge in [0.25, 0.3) is 11.1 Å². The van der Waals surface area contributed by atoms with Gasteiger partial charge in [-0.15, -0.1) is 5.10 Å². The third kappa shape index (κ3) is 4.76. The molecule has 31 heavy (non-hydrogen) atoms. The van der Waals surface area contributed by atoms with Gasteiger partial charge in [0.2, 0.25) is 5.13 Å². The van der Waals surface area contributed by atoms with Crippen molar-refractivity contribution in [1.29, 1.82) is 0 Å². The zero-order chi connectivity index (χ0) is 22.0. The minimum Gasteiger partial charge on any atom is -0.494 e. The van der Waals surface area contributed by atoms with Crippen LogP contribution in [0.25, 0.3) is 11.1 Å². The monoisotopic (exact) mass is 461 g/mol. The van der Waals surface area contributed by atoms with Gasteiger partial charge in [0.1, 0.15) is 17.0 Å².